The molecule has 0 radical (unpaired) electrons. The van der Waals surface area contributed by atoms with Gasteiger partial charge in [-0.05, 0) is 18.8 Å². The van der Waals surface area contributed by atoms with Gasteiger partial charge in [0.05, 0.1) is 0 Å². The number of rotatable bonds is 4. The van der Waals surface area contributed by atoms with Crippen molar-refractivity contribution in [1.29, 1.82) is 0 Å². The number of hydrogen-bond donors (Lipinski definition) is 0. The highest BCUT2D eigenvalue weighted by Crippen LogP contribution is 2.04. The Bertz CT molecular complexity index is 136. The van der Waals surface area contributed by atoms with Crippen LogP contribution in [0.3, 0.4) is 0 Å². The van der Waals surface area contributed by atoms with Crippen molar-refractivity contribution >= 4 is 25.8 Å². The predicted octanol–water partition coefficient (Wildman–Crippen LogP) is 1.25. The number of thiocarbonyl (C=S) groups is 1. The van der Waals surface area contributed by atoms with Gasteiger partial charge in [-0.3, -0.25) is 0 Å². The monoisotopic (exact) mass is 194 g/mol. The van der Waals surface area contributed by atoms with Gasteiger partial charge >= 0.3 is 8.56 Å². The van der Waals surface area contributed by atoms with Crippen molar-refractivity contribution in [3.8, 4) is 0 Å². The first kappa shape index (κ1) is 11.0. The summed E-state index contributed by atoms with van der Waals surface area (Å²) in [7, 11) is 1.18. The smallest absolute Gasteiger partial charge is 0.373 e. The van der Waals surface area contributed by atoms with Gasteiger partial charge in [0, 0.05) is 21.1 Å². The molecule has 0 rings (SSSR count). The summed E-state index contributed by atoms with van der Waals surface area (Å²) >= 11 is 4.75. The van der Waals surface area contributed by atoms with Crippen LogP contribution in [0.25, 0.3) is 0 Å². The fourth-order valence-electron chi connectivity index (χ4n) is 0.434. The highest BCUT2D eigenvalue weighted by Gasteiger charge is 2.29. The zero-order valence-corrected chi connectivity index (χ0v) is 9.16. The molecule has 0 atom stereocenters. The van der Waals surface area contributed by atoms with Gasteiger partial charge in [0.25, 0.3) is 0 Å². The number of hydrogen-bond acceptors (Lipinski definition) is 4. The topological polar surface area (TPSA) is 27.7 Å². The SMILES string of the molecule is CO[Si](C)(COC(C)=S)OC. The molecule has 0 aliphatic rings. The van der Waals surface area contributed by atoms with Crippen LogP contribution in [0, 0.1) is 0 Å². The van der Waals surface area contributed by atoms with Gasteiger partial charge in [0.1, 0.15) is 6.23 Å². The van der Waals surface area contributed by atoms with Crippen LogP contribution in [0.15, 0.2) is 0 Å². The maximum Gasteiger partial charge on any atom is 0.373 e. The Labute approximate surface area is 73.9 Å². The van der Waals surface area contributed by atoms with E-state index in [4.69, 9.17) is 25.8 Å². The molecule has 0 spiro atoms. The number of ether oxygens (including phenoxy) is 1. The second kappa shape index (κ2) is 4.81. The van der Waals surface area contributed by atoms with E-state index in [1.165, 1.54) is 0 Å². The standard InChI is InChI=1S/C6H14O3SSi/c1-6(10)9-5-11(4,7-2)8-3/h5H2,1-4H3. The van der Waals surface area contributed by atoms with Gasteiger partial charge < -0.3 is 13.6 Å². The van der Waals surface area contributed by atoms with E-state index in [0.29, 0.717) is 11.3 Å². The van der Waals surface area contributed by atoms with Gasteiger partial charge in [-0.15, -0.1) is 0 Å². The third kappa shape index (κ3) is 4.47. The molecule has 11 heavy (non-hydrogen) atoms. The van der Waals surface area contributed by atoms with Crippen LogP contribution >= 0.6 is 12.2 Å². The lowest BCUT2D eigenvalue weighted by atomic mass is 10.9. The fourth-order valence-corrected chi connectivity index (χ4v) is 1.48. The average molecular weight is 194 g/mol. The average Bonchev–Trinajstić information content (AvgIpc) is 2.00. The van der Waals surface area contributed by atoms with Gasteiger partial charge in [-0.1, -0.05) is 0 Å². The van der Waals surface area contributed by atoms with Crippen LogP contribution in [0.1, 0.15) is 6.92 Å². The minimum atomic E-state index is -2.07. The normalized spacial score (nSPS) is 11.3. The van der Waals surface area contributed by atoms with E-state index in [1.54, 1.807) is 21.1 Å². The van der Waals surface area contributed by atoms with E-state index in [9.17, 15) is 0 Å². The summed E-state index contributed by atoms with van der Waals surface area (Å²) in [6, 6.07) is 0. The van der Waals surface area contributed by atoms with E-state index < -0.39 is 8.56 Å². The molecule has 0 heterocycles. The Kier molecular flexibility index (Phi) is 4.83. The van der Waals surface area contributed by atoms with Crippen LogP contribution in [-0.2, 0) is 13.6 Å². The van der Waals surface area contributed by atoms with E-state index in [-0.39, 0.29) is 0 Å². The molecule has 0 bridgehead atoms. The third-order valence-corrected chi connectivity index (χ3v) is 3.91. The van der Waals surface area contributed by atoms with Crippen molar-refractivity contribution in [2.75, 3.05) is 20.4 Å². The second-order valence-electron chi connectivity index (χ2n) is 2.32. The quantitative estimate of drug-likeness (QED) is 0.497. The van der Waals surface area contributed by atoms with Crippen molar-refractivity contribution in [2.24, 2.45) is 0 Å². The van der Waals surface area contributed by atoms with E-state index >= 15 is 0 Å². The van der Waals surface area contributed by atoms with Crippen LogP contribution < -0.4 is 0 Å². The van der Waals surface area contributed by atoms with Gasteiger partial charge in [-0.25, -0.2) is 0 Å². The van der Waals surface area contributed by atoms with Crippen molar-refractivity contribution in [2.45, 2.75) is 13.5 Å². The zero-order chi connectivity index (χ0) is 8.91. The first-order valence-corrected chi connectivity index (χ1v) is 6.21. The summed E-state index contributed by atoms with van der Waals surface area (Å²) in [6.45, 7) is 3.65. The minimum Gasteiger partial charge on any atom is -0.485 e. The van der Waals surface area contributed by atoms with Gasteiger partial charge in [0.2, 0.25) is 0 Å². The van der Waals surface area contributed by atoms with Crippen LogP contribution in [-0.4, -0.2) is 34.1 Å². The molecule has 0 saturated carbocycles. The first-order valence-electron chi connectivity index (χ1n) is 3.28. The molecule has 0 aromatic heterocycles. The molecule has 0 saturated heterocycles. The Hall–Kier alpha value is 0.0269. The van der Waals surface area contributed by atoms with E-state index in [1.807, 2.05) is 6.55 Å². The van der Waals surface area contributed by atoms with E-state index in [0.717, 1.165) is 0 Å². The van der Waals surface area contributed by atoms with Gasteiger partial charge in [0.15, 0.2) is 5.05 Å². The molecule has 0 fully saturated rings. The molecular formula is C6H14O3SSi. The molecule has 0 aromatic carbocycles. The predicted molar refractivity (Wildman–Crippen MR) is 49.9 cm³/mol. The summed E-state index contributed by atoms with van der Waals surface area (Å²) < 4.78 is 15.5. The molecule has 0 N–H and O–H groups in total. The lowest BCUT2D eigenvalue weighted by Gasteiger charge is -2.22. The summed E-state index contributed by atoms with van der Waals surface area (Å²) in [4.78, 5) is 0. The largest absolute Gasteiger partial charge is 0.485 e. The summed E-state index contributed by atoms with van der Waals surface area (Å²) in [5.41, 5.74) is 0. The molecule has 0 unspecified atom stereocenters. The highest BCUT2D eigenvalue weighted by molar-refractivity contribution is 7.80. The third-order valence-electron chi connectivity index (χ3n) is 1.40. The molecule has 0 aromatic rings. The lowest BCUT2D eigenvalue weighted by molar-refractivity contribution is 0.209. The minimum absolute atomic E-state index is 0.454. The molecule has 0 aliphatic carbocycles. The second-order valence-corrected chi connectivity index (χ2v) is 6.27. The van der Waals surface area contributed by atoms with Crippen LogP contribution in [0.4, 0.5) is 0 Å². The Balaban J connectivity index is 3.78. The summed E-state index contributed by atoms with van der Waals surface area (Å²) in [5.74, 6) is 0. The maximum absolute atomic E-state index is 5.17. The maximum atomic E-state index is 5.17. The summed E-state index contributed by atoms with van der Waals surface area (Å²) in [6.07, 6.45) is 0.454. The molecule has 3 nitrogen and oxygen atoms in total. The molecule has 0 aliphatic heterocycles. The lowest BCUT2D eigenvalue weighted by Crippen LogP contribution is -2.42. The Morgan fingerprint density at radius 1 is 1.36 bits per heavy atom. The summed E-state index contributed by atoms with van der Waals surface area (Å²) in [5, 5.41) is 0.526. The molecule has 5 heteroatoms. The molecule has 0 amide bonds. The first-order chi connectivity index (χ1) is 5.04. The van der Waals surface area contributed by atoms with Gasteiger partial charge in [-0.2, -0.15) is 0 Å². The van der Waals surface area contributed by atoms with Crippen molar-refractivity contribution in [3.05, 3.63) is 0 Å². The molecule has 66 valence electrons. The fraction of sp³-hybridized carbons (Fsp3) is 0.833. The van der Waals surface area contributed by atoms with Crippen molar-refractivity contribution in [1.82, 2.24) is 0 Å². The zero-order valence-electron chi connectivity index (χ0n) is 7.34. The van der Waals surface area contributed by atoms with Crippen LogP contribution in [0.5, 0.6) is 0 Å². The van der Waals surface area contributed by atoms with E-state index in [2.05, 4.69) is 0 Å². The van der Waals surface area contributed by atoms with Crippen molar-refractivity contribution in [3.63, 3.8) is 0 Å². The van der Waals surface area contributed by atoms with Crippen molar-refractivity contribution < 1.29 is 13.6 Å². The Morgan fingerprint density at radius 2 is 1.82 bits per heavy atom. The van der Waals surface area contributed by atoms with Crippen LogP contribution in [0.2, 0.25) is 6.55 Å². The Morgan fingerprint density at radius 3 is 2.09 bits per heavy atom. The highest BCUT2D eigenvalue weighted by atomic mass is 32.1. The molecular weight excluding hydrogens is 180 g/mol.